The van der Waals surface area contributed by atoms with Crippen molar-refractivity contribution in [1.82, 2.24) is 4.98 Å². The van der Waals surface area contributed by atoms with Crippen LogP contribution in [0.5, 0.6) is 34.6 Å². The minimum Gasteiger partial charge on any atom is -0.479 e. The van der Waals surface area contributed by atoms with E-state index in [9.17, 15) is 18.4 Å². The lowest BCUT2D eigenvalue weighted by Gasteiger charge is -2.14. The Morgan fingerprint density at radius 2 is 1.40 bits per heavy atom. The molecule has 0 fully saturated rings. The van der Waals surface area contributed by atoms with Gasteiger partial charge in [-0.05, 0) is 93.1 Å². The van der Waals surface area contributed by atoms with Gasteiger partial charge in [-0.1, -0.05) is 30.9 Å². The van der Waals surface area contributed by atoms with E-state index in [-0.39, 0.29) is 28.8 Å². The third kappa shape index (κ3) is 12.6. The van der Waals surface area contributed by atoms with Gasteiger partial charge in [0, 0.05) is 6.20 Å². The number of ether oxygens (including phenoxy) is 6. The van der Waals surface area contributed by atoms with Crippen molar-refractivity contribution in [3.05, 3.63) is 101 Å². The molecular weight excluding hydrogens is 674 g/mol. The number of nitriles is 1. The molecule has 10 nitrogen and oxygen atoms in total. The number of pyridine rings is 1. The van der Waals surface area contributed by atoms with E-state index in [4.69, 9.17) is 51.7 Å². The number of hydrogen-bond acceptors (Lipinski definition) is 10. The van der Waals surface area contributed by atoms with Crippen LogP contribution in [-0.4, -0.2) is 42.3 Å². The number of benzene rings is 3. The lowest BCUT2D eigenvalue weighted by molar-refractivity contribution is -0.151. The predicted molar refractivity (Wildman–Crippen MR) is 179 cm³/mol. The molecule has 50 heavy (non-hydrogen) atoms. The number of carbonyl (C=O) groups is 2. The highest BCUT2D eigenvalue weighted by Gasteiger charge is 2.17. The Labute approximate surface area is 293 Å². The van der Waals surface area contributed by atoms with E-state index < -0.39 is 35.8 Å². The number of aromatic nitrogens is 1. The number of hydrogen-bond donors (Lipinski definition) is 0. The summed E-state index contributed by atoms with van der Waals surface area (Å²) in [5.74, 6) is 1.37. The van der Waals surface area contributed by atoms with Gasteiger partial charge in [-0.25, -0.2) is 23.4 Å². The molecule has 0 amide bonds. The van der Waals surface area contributed by atoms with Crippen LogP contribution >= 0.6 is 11.6 Å². The summed E-state index contributed by atoms with van der Waals surface area (Å²) in [6.45, 7) is 5.44. The first-order valence-corrected chi connectivity index (χ1v) is 15.6. The van der Waals surface area contributed by atoms with Gasteiger partial charge in [0.15, 0.2) is 36.2 Å². The maximum atomic E-state index is 13.8. The molecule has 0 aliphatic carbocycles. The van der Waals surface area contributed by atoms with Crippen LogP contribution in [0.15, 0.2) is 79.0 Å². The molecule has 4 aromatic rings. The molecule has 2 atom stereocenters. The Morgan fingerprint density at radius 1 is 0.840 bits per heavy atom. The molecule has 0 saturated heterocycles. The van der Waals surface area contributed by atoms with Crippen LogP contribution in [0.4, 0.5) is 8.78 Å². The van der Waals surface area contributed by atoms with Gasteiger partial charge in [0.2, 0.25) is 0 Å². The van der Waals surface area contributed by atoms with E-state index in [1.165, 1.54) is 25.3 Å². The molecular formula is C37H33ClF2N2O8. The SMILES string of the molecule is C#CCOC(=O)[C@@H](C)Oc1ccc(Oc2ncc(Cl)cc2F)cc1.CCCCOC(=O)[C@@H](C)Oc1ccc(Oc2ccc(C#N)cc2F)cc1. The lowest BCUT2D eigenvalue weighted by Crippen LogP contribution is -2.26. The van der Waals surface area contributed by atoms with Gasteiger partial charge >= 0.3 is 11.9 Å². The topological polar surface area (TPSA) is 126 Å². The zero-order valence-electron chi connectivity index (χ0n) is 27.4. The maximum absolute atomic E-state index is 13.8. The van der Waals surface area contributed by atoms with Crippen LogP contribution in [0.3, 0.4) is 0 Å². The summed E-state index contributed by atoms with van der Waals surface area (Å²) in [4.78, 5) is 27.1. The molecule has 1 aromatic heterocycles. The second-order valence-electron chi connectivity index (χ2n) is 10.2. The number of terminal acetylenes is 1. The summed E-state index contributed by atoms with van der Waals surface area (Å²) in [5.41, 5.74) is 0.221. The predicted octanol–water partition coefficient (Wildman–Crippen LogP) is 8.21. The molecule has 0 unspecified atom stereocenters. The summed E-state index contributed by atoms with van der Waals surface area (Å²) in [6.07, 6.45) is 6.50. The third-order valence-corrected chi connectivity index (χ3v) is 6.46. The fourth-order valence-electron chi connectivity index (χ4n) is 3.71. The van der Waals surface area contributed by atoms with Crippen molar-refractivity contribution in [2.75, 3.05) is 13.2 Å². The number of unbranched alkanes of at least 4 members (excludes halogenated alkanes) is 1. The van der Waals surface area contributed by atoms with Crippen molar-refractivity contribution in [3.8, 4) is 53.0 Å². The molecule has 0 bridgehead atoms. The number of halogens is 3. The first-order valence-electron chi connectivity index (χ1n) is 15.2. The van der Waals surface area contributed by atoms with Crippen molar-refractivity contribution in [2.45, 2.75) is 45.8 Å². The van der Waals surface area contributed by atoms with Gasteiger partial charge in [-0.3, -0.25) is 0 Å². The maximum Gasteiger partial charge on any atom is 0.347 e. The van der Waals surface area contributed by atoms with Crippen LogP contribution < -0.4 is 18.9 Å². The average molecular weight is 707 g/mol. The van der Waals surface area contributed by atoms with Gasteiger partial charge in [-0.2, -0.15) is 5.26 Å². The normalized spacial score (nSPS) is 11.3. The fourth-order valence-corrected chi connectivity index (χ4v) is 3.86. The van der Waals surface area contributed by atoms with Gasteiger partial charge in [0.05, 0.1) is 23.3 Å². The number of carbonyl (C=O) groups excluding carboxylic acids is 2. The van der Waals surface area contributed by atoms with Crippen molar-refractivity contribution in [1.29, 1.82) is 5.26 Å². The van der Waals surface area contributed by atoms with E-state index in [2.05, 4.69) is 10.9 Å². The molecule has 1 heterocycles. The molecule has 0 N–H and O–H groups in total. The smallest absolute Gasteiger partial charge is 0.347 e. The largest absolute Gasteiger partial charge is 0.479 e. The highest BCUT2D eigenvalue weighted by molar-refractivity contribution is 6.30. The molecule has 0 aliphatic rings. The number of nitrogens with zero attached hydrogens (tertiary/aromatic N) is 2. The Morgan fingerprint density at radius 3 is 1.92 bits per heavy atom. The van der Waals surface area contributed by atoms with Crippen LogP contribution in [0.1, 0.15) is 39.2 Å². The van der Waals surface area contributed by atoms with Gasteiger partial charge < -0.3 is 28.4 Å². The van der Waals surface area contributed by atoms with Crippen LogP contribution in [0.25, 0.3) is 0 Å². The monoisotopic (exact) mass is 706 g/mol. The first-order chi connectivity index (χ1) is 24.0. The minimum atomic E-state index is -0.819. The van der Waals surface area contributed by atoms with E-state index in [0.29, 0.717) is 29.6 Å². The van der Waals surface area contributed by atoms with E-state index >= 15 is 0 Å². The fraction of sp³-hybridized carbons (Fsp3) is 0.243. The molecule has 13 heteroatoms. The average Bonchev–Trinajstić information content (AvgIpc) is 3.11. The summed E-state index contributed by atoms with van der Waals surface area (Å²) in [5, 5.41) is 8.92. The van der Waals surface area contributed by atoms with E-state index in [1.54, 1.807) is 55.5 Å². The van der Waals surface area contributed by atoms with Gasteiger partial charge in [-0.15, -0.1) is 6.42 Å². The molecule has 0 saturated carbocycles. The molecule has 4 rings (SSSR count). The lowest BCUT2D eigenvalue weighted by atomic mass is 10.2. The highest BCUT2D eigenvalue weighted by atomic mass is 35.5. The molecule has 0 aliphatic heterocycles. The Balaban J connectivity index is 0.000000271. The van der Waals surface area contributed by atoms with Crippen molar-refractivity contribution < 1.29 is 46.8 Å². The van der Waals surface area contributed by atoms with Gasteiger partial charge in [0.1, 0.15) is 23.0 Å². The molecule has 260 valence electrons. The van der Waals surface area contributed by atoms with Gasteiger partial charge in [0.25, 0.3) is 5.88 Å². The summed E-state index contributed by atoms with van der Waals surface area (Å²) in [7, 11) is 0. The van der Waals surface area contributed by atoms with E-state index in [1.807, 2.05) is 13.0 Å². The standard InChI is InChI=1S/C20H20FNO4.C17H13ClFNO4/c1-3-4-11-24-20(23)14(2)25-16-6-8-17(9-7-16)26-19-10-5-15(13-22)12-18(19)21;1-3-8-22-17(21)11(2)23-13-4-6-14(7-5-13)24-16-15(19)9-12(18)10-20-16/h5-10,12,14H,3-4,11H2,1-2H3;1,4-7,9-11H,8H2,2H3/t14-;11-/m11/s1. The van der Waals surface area contributed by atoms with Crippen molar-refractivity contribution in [3.63, 3.8) is 0 Å². The third-order valence-electron chi connectivity index (χ3n) is 6.25. The number of esters is 2. The van der Waals surface area contributed by atoms with Crippen molar-refractivity contribution >= 4 is 23.5 Å². The van der Waals surface area contributed by atoms with Crippen LogP contribution in [0.2, 0.25) is 5.02 Å². The van der Waals surface area contributed by atoms with Crippen LogP contribution in [0, 0.1) is 35.3 Å². The van der Waals surface area contributed by atoms with Crippen LogP contribution in [-0.2, 0) is 19.1 Å². The minimum absolute atomic E-state index is 0.0190. The zero-order valence-corrected chi connectivity index (χ0v) is 28.1. The second-order valence-corrected chi connectivity index (χ2v) is 10.6. The quantitative estimate of drug-likeness (QED) is 0.0719. The Bertz CT molecular complexity index is 1810. The summed E-state index contributed by atoms with van der Waals surface area (Å²) < 4.78 is 59.0. The van der Waals surface area contributed by atoms with E-state index in [0.717, 1.165) is 25.0 Å². The van der Waals surface area contributed by atoms with Crippen molar-refractivity contribution in [2.24, 2.45) is 0 Å². The summed E-state index contributed by atoms with van der Waals surface area (Å²) in [6, 6.07) is 19.6. The first kappa shape index (κ1) is 38.6. The summed E-state index contributed by atoms with van der Waals surface area (Å²) >= 11 is 5.62. The number of rotatable bonds is 14. The Kier molecular flexibility index (Phi) is 15.3. The second kappa shape index (κ2) is 19.8. The highest BCUT2D eigenvalue weighted by Crippen LogP contribution is 2.28. The zero-order chi connectivity index (χ0) is 36.5. The molecule has 3 aromatic carbocycles. The Hall–Kier alpha value is -5.85. The molecule has 0 spiro atoms. The molecule has 0 radical (unpaired) electrons.